The maximum Gasteiger partial charge on any atom is 0.175 e. The van der Waals surface area contributed by atoms with E-state index in [1.807, 2.05) is 24.3 Å². The molecular weight excluding hydrogens is 333 g/mol. The Kier molecular flexibility index (Phi) is 3.80. The summed E-state index contributed by atoms with van der Waals surface area (Å²) >= 11 is 0. The number of H-pyrrole nitrogens is 1. The van der Waals surface area contributed by atoms with E-state index >= 15 is 0 Å². The number of aromatic nitrogens is 2. The van der Waals surface area contributed by atoms with Gasteiger partial charge in [-0.25, -0.2) is 9.37 Å². The lowest BCUT2D eigenvalue weighted by atomic mass is 9.89. The molecule has 1 aliphatic carbocycles. The zero-order chi connectivity index (χ0) is 18.3. The molecule has 5 nitrogen and oxygen atoms in total. The number of hydrogen-bond acceptors (Lipinski definition) is 4. The maximum absolute atomic E-state index is 14.1. The Bertz CT molecular complexity index is 1080. The molecular formula is C20H16FN3O2. The van der Waals surface area contributed by atoms with Crippen molar-refractivity contribution in [1.82, 2.24) is 9.97 Å². The van der Waals surface area contributed by atoms with Crippen molar-refractivity contribution < 1.29 is 14.3 Å². The van der Waals surface area contributed by atoms with Gasteiger partial charge in [-0.3, -0.25) is 4.79 Å². The van der Waals surface area contributed by atoms with Crippen molar-refractivity contribution in [2.24, 2.45) is 5.92 Å². The van der Waals surface area contributed by atoms with Crippen LogP contribution in [0.25, 0.3) is 22.2 Å². The van der Waals surface area contributed by atoms with E-state index < -0.39 is 17.5 Å². The first kappa shape index (κ1) is 16.1. The van der Waals surface area contributed by atoms with E-state index in [0.29, 0.717) is 22.3 Å². The predicted molar refractivity (Wildman–Crippen MR) is 98.3 cm³/mol. The van der Waals surface area contributed by atoms with Crippen molar-refractivity contribution in [1.29, 1.82) is 0 Å². The van der Waals surface area contributed by atoms with Gasteiger partial charge in [-0.2, -0.15) is 0 Å². The highest BCUT2D eigenvalue weighted by Gasteiger charge is 2.29. The largest absolute Gasteiger partial charge is 0.512 e. The van der Waals surface area contributed by atoms with Gasteiger partial charge in [0.25, 0.3) is 0 Å². The first-order valence-electron chi connectivity index (χ1n) is 8.15. The summed E-state index contributed by atoms with van der Waals surface area (Å²) in [5, 5.41) is 10.2. The van der Waals surface area contributed by atoms with Gasteiger partial charge in [-0.1, -0.05) is 12.1 Å². The fraction of sp³-hybridized carbons (Fsp3) is 0.100. The van der Waals surface area contributed by atoms with Crippen molar-refractivity contribution >= 4 is 22.5 Å². The number of Topliss-reactive ketones (excluding diaryl/α,β-unsaturated/α-hetero) is 1. The number of aliphatic hydroxyl groups excluding tert-OH is 1. The lowest BCUT2D eigenvalue weighted by Gasteiger charge is -2.16. The Morgan fingerprint density at radius 3 is 2.92 bits per heavy atom. The normalized spacial score (nSPS) is 17.0. The van der Waals surface area contributed by atoms with Crippen LogP contribution in [0, 0.1) is 5.92 Å². The van der Waals surface area contributed by atoms with Gasteiger partial charge in [0, 0.05) is 41.0 Å². The van der Waals surface area contributed by atoms with Crippen LogP contribution in [0.5, 0.6) is 0 Å². The fourth-order valence-electron chi connectivity index (χ4n) is 3.16. The van der Waals surface area contributed by atoms with Crippen LogP contribution in [0.4, 0.5) is 10.1 Å². The lowest BCUT2D eigenvalue weighted by molar-refractivity contribution is 0.0918. The molecule has 3 aromatic rings. The predicted octanol–water partition coefficient (Wildman–Crippen LogP) is 4.31. The summed E-state index contributed by atoms with van der Waals surface area (Å²) in [7, 11) is 0. The maximum atomic E-state index is 14.1. The molecule has 2 aromatic heterocycles. The minimum absolute atomic E-state index is 0.0110. The van der Waals surface area contributed by atoms with Crippen LogP contribution >= 0.6 is 0 Å². The summed E-state index contributed by atoms with van der Waals surface area (Å²) in [5.41, 5.74) is 9.04. The Balaban J connectivity index is 1.77. The molecule has 0 bridgehead atoms. The number of rotatable bonds is 3. The van der Waals surface area contributed by atoms with Gasteiger partial charge in [-0.15, -0.1) is 0 Å². The van der Waals surface area contributed by atoms with Gasteiger partial charge >= 0.3 is 0 Å². The second-order valence-electron chi connectivity index (χ2n) is 6.28. The van der Waals surface area contributed by atoms with Crippen LogP contribution in [0.2, 0.25) is 0 Å². The molecule has 1 aromatic carbocycles. The van der Waals surface area contributed by atoms with Crippen LogP contribution in [0.15, 0.2) is 66.5 Å². The number of anilines is 1. The fourth-order valence-corrected chi connectivity index (χ4v) is 3.16. The number of ketones is 1. The Morgan fingerprint density at radius 2 is 2.12 bits per heavy atom. The van der Waals surface area contributed by atoms with Gasteiger partial charge in [0.05, 0.1) is 11.7 Å². The third kappa shape index (κ3) is 2.75. The average molecular weight is 349 g/mol. The summed E-state index contributed by atoms with van der Waals surface area (Å²) in [6, 6.07) is 9.19. The number of hydrogen-bond donors (Lipinski definition) is 3. The number of aromatic amines is 1. The number of nitrogens with one attached hydrogen (secondary N) is 1. The third-order valence-corrected chi connectivity index (χ3v) is 4.51. The van der Waals surface area contributed by atoms with Gasteiger partial charge in [0.15, 0.2) is 5.78 Å². The number of nitrogens with zero attached hydrogens (tertiary/aromatic N) is 1. The molecule has 1 aliphatic rings. The minimum atomic E-state index is -1.02. The molecule has 0 fully saturated rings. The summed E-state index contributed by atoms with van der Waals surface area (Å²) in [5.74, 6) is -1.98. The molecule has 0 radical (unpaired) electrons. The number of aliphatic hydroxyl groups is 1. The van der Waals surface area contributed by atoms with Crippen molar-refractivity contribution in [2.45, 2.75) is 6.42 Å². The molecule has 2 heterocycles. The highest BCUT2D eigenvalue weighted by Crippen LogP contribution is 2.32. The van der Waals surface area contributed by atoms with Gasteiger partial charge < -0.3 is 15.8 Å². The van der Waals surface area contributed by atoms with E-state index in [4.69, 9.17) is 5.73 Å². The highest BCUT2D eigenvalue weighted by atomic mass is 19.1. The van der Waals surface area contributed by atoms with Crippen molar-refractivity contribution in [3.63, 3.8) is 0 Å². The Labute approximate surface area is 148 Å². The SMILES string of the molecule is Nc1cccc(-c2cnc3[nH]cc(C(=O)C4CC(O)=CC=C4F)c3c2)c1. The summed E-state index contributed by atoms with van der Waals surface area (Å²) in [6.07, 6.45) is 5.58. The molecule has 1 atom stereocenters. The number of nitrogens with two attached hydrogens (primary N) is 1. The van der Waals surface area contributed by atoms with Gasteiger partial charge in [-0.05, 0) is 35.9 Å². The number of nitrogen functional groups attached to an aromatic ring is 1. The molecule has 0 aliphatic heterocycles. The quantitative estimate of drug-likeness (QED) is 0.485. The number of halogens is 1. The van der Waals surface area contributed by atoms with Crippen LogP contribution in [-0.4, -0.2) is 20.9 Å². The zero-order valence-electron chi connectivity index (χ0n) is 13.7. The lowest BCUT2D eigenvalue weighted by Crippen LogP contribution is -2.18. The molecule has 0 spiro atoms. The number of fused-ring (bicyclic) bond motifs is 1. The highest BCUT2D eigenvalue weighted by molar-refractivity contribution is 6.09. The second kappa shape index (κ2) is 6.15. The van der Waals surface area contributed by atoms with Crippen molar-refractivity contribution in [2.75, 3.05) is 5.73 Å². The standard InChI is InChI=1S/C20H16FN3O2/c21-18-5-4-14(25)8-16(18)19(26)17-10-24-20-15(17)7-12(9-23-20)11-2-1-3-13(22)6-11/h1-7,9-10,16,25H,8,22H2,(H,23,24). The van der Waals surface area contributed by atoms with Crippen LogP contribution in [0.1, 0.15) is 16.8 Å². The number of carbonyl (C=O) groups excluding carboxylic acids is 1. The van der Waals surface area contributed by atoms with E-state index in [0.717, 1.165) is 17.2 Å². The molecule has 0 saturated heterocycles. The van der Waals surface area contributed by atoms with Gasteiger partial charge in [0.2, 0.25) is 0 Å². The second-order valence-corrected chi connectivity index (χ2v) is 6.28. The number of benzene rings is 1. The summed E-state index contributed by atoms with van der Waals surface area (Å²) < 4.78 is 14.1. The van der Waals surface area contributed by atoms with Crippen molar-refractivity contribution in [3.05, 3.63) is 72.0 Å². The van der Waals surface area contributed by atoms with E-state index in [9.17, 15) is 14.3 Å². The summed E-state index contributed by atoms with van der Waals surface area (Å²) in [6.45, 7) is 0. The van der Waals surface area contributed by atoms with Crippen molar-refractivity contribution in [3.8, 4) is 11.1 Å². The number of allylic oxidation sites excluding steroid dienone is 4. The monoisotopic (exact) mass is 349 g/mol. The molecule has 26 heavy (non-hydrogen) atoms. The average Bonchev–Trinajstić information content (AvgIpc) is 3.06. The molecule has 0 saturated carbocycles. The molecule has 4 rings (SSSR count). The molecule has 4 N–H and O–H groups in total. The number of pyridine rings is 1. The van der Waals surface area contributed by atoms with E-state index in [2.05, 4.69) is 9.97 Å². The minimum Gasteiger partial charge on any atom is -0.512 e. The van der Waals surface area contributed by atoms with Crippen LogP contribution < -0.4 is 5.73 Å². The molecule has 1 unspecified atom stereocenters. The van der Waals surface area contributed by atoms with Gasteiger partial charge in [0.1, 0.15) is 11.5 Å². The zero-order valence-corrected chi connectivity index (χ0v) is 13.7. The van der Waals surface area contributed by atoms with E-state index in [-0.39, 0.29) is 12.2 Å². The van der Waals surface area contributed by atoms with Crippen LogP contribution in [-0.2, 0) is 0 Å². The third-order valence-electron chi connectivity index (χ3n) is 4.51. The Morgan fingerprint density at radius 1 is 1.27 bits per heavy atom. The van der Waals surface area contributed by atoms with Crippen LogP contribution in [0.3, 0.4) is 0 Å². The van der Waals surface area contributed by atoms with E-state index in [1.165, 1.54) is 12.3 Å². The smallest absolute Gasteiger partial charge is 0.175 e. The summed E-state index contributed by atoms with van der Waals surface area (Å²) in [4.78, 5) is 20.1. The Hall–Kier alpha value is -3.41. The van der Waals surface area contributed by atoms with E-state index in [1.54, 1.807) is 12.3 Å². The first-order chi connectivity index (χ1) is 12.5. The molecule has 0 amide bonds. The molecule has 130 valence electrons. The first-order valence-corrected chi connectivity index (χ1v) is 8.15. The topological polar surface area (TPSA) is 92.0 Å². The number of carbonyl (C=O) groups is 1. The molecule has 6 heteroatoms.